The molecule has 5 heteroatoms. The SMILES string of the molecule is CNCc1cn(Cc2ccc3c(c2)OCO3)cn1. The van der Waals surface area contributed by atoms with E-state index < -0.39 is 0 Å². The van der Waals surface area contributed by atoms with E-state index in [-0.39, 0.29) is 0 Å². The summed E-state index contributed by atoms with van der Waals surface area (Å²) in [5.74, 6) is 1.64. The highest BCUT2D eigenvalue weighted by atomic mass is 16.7. The summed E-state index contributed by atoms with van der Waals surface area (Å²) in [6, 6.07) is 6.01. The van der Waals surface area contributed by atoms with Crippen molar-refractivity contribution >= 4 is 0 Å². The molecular formula is C13H15N3O2. The lowest BCUT2D eigenvalue weighted by Crippen LogP contribution is -2.05. The Hall–Kier alpha value is -2.01. The summed E-state index contributed by atoms with van der Waals surface area (Å²) in [5, 5.41) is 3.08. The molecule has 5 nitrogen and oxygen atoms in total. The largest absolute Gasteiger partial charge is 0.454 e. The predicted molar refractivity (Wildman–Crippen MR) is 66.7 cm³/mol. The summed E-state index contributed by atoms with van der Waals surface area (Å²) in [4.78, 5) is 4.32. The molecule has 0 radical (unpaired) electrons. The summed E-state index contributed by atoms with van der Waals surface area (Å²) in [6.07, 6.45) is 3.89. The zero-order valence-corrected chi connectivity index (χ0v) is 10.2. The fourth-order valence-corrected chi connectivity index (χ4v) is 2.02. The summed E-state index contributed by atoms with van der Waals surface area (Å²) < 4.78 is 12.7. The molecule has 1 N–H and O–H groups in total. The van der Waals surface area contributed by atoms with Crippen LogP contribution in [0.25, 0.3) is 0 Å². The van der Waals surface area contributed by atoms with Crippen molar-refractivity contribution in [1.29, 1.82) is 0 Å². The van der Waals surface area contributed by atoms with E-state index in [0.29, 0.717) is 6.79 Å². The van der Waals surface area contributed by atoms with Gasteiger partial charge in [-0.15, -0.1) is 0 Å². The first kappa shape index (κ1) is 11.1. The normalized spacial score (nSPS) is 12.9. The molecule has 0 aliphatic carbocycles. The Kier molecular flexibility index (Phi) is 2.90. The Morgan fingerprint density at radius 2 is 2.22 bits per heavy atom. The van der Waals surface area contributed by atoms with Crippen LogP contribution in [0.15, 0.2) is 30.7 Å². The third-order valence-electron chi connectivity index (χ3n) is 2.85. The van der Waals surface area contributed by atoms with E-state index in [9.17, 15) is 0 Å². The lowest BCUT2D eigenvalue weighted by atomic mass is 10.2. The highest BCUT2D eigenvalue weighted by Crippen LogP contribution is 2.32. The fraction of sp³-hybridized carbons (Fsp3) is 0.308. The second-order valence-corrected chi connectivity index (χ2v) is 4.26. The number of ether oxygens (including phenoxy) is 2. The van der Waals surface area contributed by atoms with Crippen molar-refractivity contribution in [2.45, 2.75) is 13.1 Å². The molecule has 0 atom stereocenters. The van der Waals surface area contributed by atoms with Gasteiger partial charge in [-0.05, 0) is 24.7 Å². The number of hydrogen-bond donors (Lipinski definition) is 1. The van der Waals surface area contributed by atoms with Crippen molar-refractivity contribution in [2.75, 3.05) is 13.8 Å². The van der Waals surface area contributed by atoms with Crippen molar-refractivity contribution in [3.63, 3.8) is 0 Å². The third-order valence-corrected chi connectivity index (χ3v) is 2.85. The quantitative estimate of drug-likeness (QED) is 0.884. The van der Waals surface area contributed by atoms with Crippen molar-refractivity contribution in [2.24, 2.45) is 0 Å². The number of benzene rings is 1. The molecule has 1 aliphatic rings. The maximum absolute atomic E-state index is 5.36. The molecule has 1 aliphatic heterocycles. The van der Waals surface area contributed by atoms with Gasteiger partial charge in [0.2, 0.25) is 6.79 Å². The first-order valence-electron chi connectivity index (χ1n) is 5.89. The van der Waals surface area contributed by atoms with Crippen LogP contribution in [0.4, 0.5) is 0 Å². The van der Waals surface area contributed by atoms with E-state index >= 15 is 0 Å². The van der Waals surface area contributed by atoms with Crippen molar-refractivity contribution < 1.29 is 9.47 Å². The van der Waals surface area contributed by atoms with Crippen molar-refractivity contribution in [1.82, 2.24) is 14.9 Å². The molecule has 0 bridgehead atoms. The highest BCUT2D eigenvalue weighted by molar-refractivity contribution is 5.44. The molecule has 94 valence electrons. The standard InChI is InChI=1S/C13H15N3O2/c1-14-5-11-7-16(8-15-11)6-10-2-3-12-13(4-10)18-9-17-12/h2-4,7-8,14H,5-6,9H2,1H3. The molecule has 1 aromatic heterocycles. The smallest absolute Gasteiger partial charge is 0.231 e. The summed E-state index contributed by atoms with van der Waals surface area (Å²) in [5.41, 5.74) is 2.21. The number of hydrogen-bond acceptors (Lipinski definition) is 4. The molecule has 3 rings (SSSR count). The highest BCUT2D eigenvalue weighted by Gasteiger charge is 2.13. The minimum Gasteiger partial charge on any atom is -0.454 e. The molecule has 18 heavy (non-hydrogen) atoms. The lowest BCUT2D eigenvalue weighted by molar-refractivity contribution is 0.174. The van der Waals surface area contributed by atoms with Crippen LogP contribution >= 0.6 is 0 Å². The Labute approximate surface area is 105 Å². The molecule has 1 aromatic carbocycles. The molecule has 0 saturated carbocycles. The molecular weight excluding hydrogens is 230 g/mol. The average molecular weight is 245 g/mol. The Bertz CT molecular complexity index is 551. The van der Waals surface area contributed by atoms with Gasteiger partial charge in [0.25, 0.3) is 0 Å². The minimum absolute atomic E-state index is 0.316. The first-order chi connectivity index (χ1) is 8.85. The maximum Gasteiger partial charge on any atom is 0.231 e. The summed E-state index contributed by atoms with van der Waals surface area (Å²) in [6.45, 7) is 1.89. The molecule has 0 spiro atoms. The Balaban J connectivity index is 1.75. The van der Waals surface area contributed by atoms with E-state index in [1.807, 2.05) is 37.8 Å². The third kappa shape index (κ3) is 2.17. The van der Waals surface area contributed by atoms with Gasteiger partial charge in [-0.25, -0.2) is 4.98 Å². The first-order valence-corrected chi connectivity index (χ1v) is 5.89. The number of fused-ring (bicyclic) bond motifs is 1. The second kappa shape index (κ2) is 4.70. The lowest BCUT2D eigenvalue weighted by Gasteiger charge is -2.03. The van der Waals surface area contributed by atoms with Gasteiger partial charge < -0.3 is 19.4 Å². The van der Waals surface area contributed by atoms with E-state index in [4.69, 9.17) is 9.47 Å². The minimum atomic E-state index is 0.316. The fourth-order valence-electron chi connectivity index (χ4n) is 2.02. The molecule has 0 unspecified atom stereocenters. The van der Waals surface area contributed by atoms with E-state index in [0.717, 1.165) is 30.3 Å². The monoisotopic (exact) mass is 245 g/mol. The molecule has 2 aromatic rings. The molecule has 0 saturated heterocycles. The van der Waals surface area contributed by atoms with Gasteiger partial charge in [0.15, 0.2) is 11.5 Å². The van der Waals surface area contributed by atoms with Gasteiger partial charge in [0.1, 0.15) is 0 Å². The topological polar surface area (TPSA) is 48.3 Å². The van der Waals surface area contributed by atoms with Gasteiger partial charge in [0.05, 0.1) is 12.0 Å². The van der Waals surface area contributed by atoms with Crippen LogP contribution in [0.5, 0.6) is 11.5 Å². The van der Waals surface area contributed by atoms with Gasteiger partial charge in [-0.2, -0.15) is 0 Å². The zero-order valence-electron chi connectivity index (χ0n) is 10.2. The molecule has 0 amide bonds. The van der Waals surface area contributed by atoms with Gasteiger partial charge in [-0.1, -0.05) is 6.07 Å². The molecule has 2 heterocycles. The summed E-state index contributed by atoms with van der Waals surface area (Å²) in [7, 11) is 1.91. The van der Waals surface area contributed by atoms with E-state index in [2.05, 4.69) is 14.9 Å². The van der Waals surface area contributed by atoms with Crippen LogP contribution in [0.3, 0.4) is 0 Å². The van der Waals surface area contributed by atoms with Crippen molar-refractivity contribution in [3.05, 3.63) is 42.0 Å². The maximum atomic E-state index is 5.36. The van der Waals surface area contributed by atoms with E-state index in [1.54, 1.807) is 0 Å². The Morgan fingerprint density at radius 1 is 1.33 bits per heavy atom. The van der Waals surface area contributed by atoms with Crippen LogP contribution in [-0.4, -0.2) is 23.4 Å². The van der Waals surface area contributed by atoms with Crippen molar-refractivity contribution in [3.8, 4) is 11.5 Å². The van der Waals surface area contributed by atoms with E-state index in [1.165, 1.54) is 5.56 Å². The zero-order chi connectivity index (χ0) is 12.4. The molecule has 0 fully saturated rings. The summed E-state index contributed by atoms with van der Waals surface area (Å²) >= 11 is 0. The second-order valence-electron chi connectivity index (χ2n) is 4.26. The number of nitrogens with zero attached hydrogens (tertiary/aromatic N) is 2. The van der Waals surface area contributed by atoms with Crippen LogP contribution in [-0.2, 0) is 13.1 Å². The van der Waals surface area contributed by atoms with Gasteiger partial charge >= 0.3 is 0 Å². The van der Waals surface area contributed by atoms with Crippen LogP contribution in [0.2, 0.25) is 0 Å². The average Bonchev–Trinajstić information content (AvgIpc) is 2.98. The number of imidazole rings is 1. The number of rotatable bonds is 4. The van der Waals surface area contributed by atoms with Gasteiger partial charge in [0, 0.05) is 19.3 Å². The van der Waals surface area contributed by atoms with Crippen LogP contribution in [0, 0.1) is 0 Å². The van der Waals surface area contributed by atoms with Gasteiger partial charge in [-0.3, -0.25) is 0 Å². The predicted octanol–water partition coefficient (Wildman–Crippen LogP) is 1.38. The number of nitrogens with one attached hydrogen (secondary N) is 1. The van der Waals surface area contributed by atoms with Crippen LogP contribution < -0.4 is 14.8 Å². The Morgan fingerprint density at radius 3 is 3.11 bits per heavy atom. The number of aromatic nitrogens is 2. The van der Waals surface area contributed by atoms with Crippen LogP contribution in [0.1, 0.15) is 11.3 Å².